The molecule has 0 unspecified atom stereocenters. The summed E-state index contributed by atoms with van der Waals surface area (Å²) in [4.78, 5) is 22.7. The number of hydrogen-bond donors (Lipinski definition) is 1. The van der Waals surface area contributed by atoms with E-state index in [2.05, 4.69) is 15.3 Å². The topological polar surface area (TPSA) is 64.1 Å². The fraction of sp³-hybridized carbons (Fsp3) is 0.136. The Kier molecular flexibility index (Phi) is 4.98. The van der Waals surface area contributed by atoms with Gasteiger partial charge in [0.15, 0.2) is 5.13 Å². The number of carbonyl (C=O) groups is 1. The number of halogens is 1. The molecule has 4 rings (SSSR count). The first-order valence-corrected chi connectivity index (χ1v) is 9.76. The molecule has 5 nitrogen and oxygen atoms in total. The molecule has 2 aromatic carbocycles. The maximum atomic E-state index is 13.4. The maximum Gasteiger partial charge on any atom is 0.259 e. The number of ether oxygens (including phenoxy) is 1. The number of nitrogens with one attached hydrogen (secondary N) is 1. The molecule has 146 valence electrons. The van der Waals surface area contributed by atoms with Crippen LogP contribution in [-0.4, -0.2) is 23.0 Å². The third-order valence-electron chi connectivity index (χ3n) is 4.60. The summed E-state index contributed by atoms with van der Waals surface area (Å²) in [7, 11) is 1.62. The lowest BCUT2D eigenvalue weighted by atomic mass is 10.1. The van der Waals surface area contributed by atoms with E-state index in [9.17, 15) is 9.18 Å². The van der Waals surface area contributed by atoms with Crippen LogP contribution in [0.15, 0.2) is 48.5 Å². The SMILES string of the molecule is COc1ccc(-c2nc(NC(=O)c3cc4ccc(F)cc4nc3C)sc2C)cc1. The minimum absolute atomic E-state index is 0.295. The largest absolute Gasteiger partial charge is 0.497 e. The number of amides is 1. The van der Waals surface area contributed by atoms with E-state index in [-0.39, 0.29) is 11.7 Å². The lowest BCUT2D eigenvalue weighted by Gasteiger charge is -2.07. The minimum Gasteiger partial charge on any atom is -0.497 e. The van der Waals surface area contributed by atoms with E-state index in [4.69, 9.17) is 4.74 Å². The highest BCUT2D eigenvalue weighted by Crippen LogP contribution is 2.31. The molecule has 0 radical (unpaired) electrons. The van der Waals surface area contributed by atoms with Crippen molar-refractivity contribution in [2.75, 3.05) is 12.4 Å². The van der Waals surface area contributed by atoms with Gasteiger partial charge in [-0.05, 0) is 56.3 Å². The summed E-state index contributed by atoms with van der Waals surface area (Å²) >= 11 is 1.41. The lowest BCUT2D eigenvalue weighted by Crippen LogP contribution is -2.14. The summed E-state index contributed by atoms with van der Waals surface area (Å²) < 4.78 is 18.6. The average molecular weight is 407 g/mol. The number of aromatic nitrogens is 2. The van der Waals surface area contributed by atoms with Gasteiger partial charge in [0.05, 0.1) is 29.6 Å². The van der Waals surface area contributed by atoms with E-state index in [1.807, 2.05) is 31.2 Å². The summed E-state index contributed by atoms with van der Waals surface area (Å²) in [5.74, 6) is 0.122. The Hall–Kier alpha value is -3.32. The van der Waals surface area contributed by atoms with Gasteiger partial charge in [0.1, 0.15) is 11.6 Å². The molecule has 7 heteroatoms. The fourth-order valence-electron chi connectivity index (χ4n) is 3.10. The summed E-state index contributed by atoms with van der Waals surface area (Å²) in [5.41, 5.74) is 3.25. The first-order chi connectivity index (χ1) is 13.9. The standard InChI is InChI=1S/C22H18FN3O2S/c1-12-18(10-15-4-7-16(23)11-19(15)24-12)21(27)26-22-25-20(13(2)29-22)14-5-8-17(28-3)9-6-14/h4-11H,1-3H3,(H,25,26,27). The molecule has 1 amide bonds. The Labute approximate surface area is 171 Å². The van der Waals surface area contributed by atoms with Crippen molar-refractivity contribution in [3.05, 3.63) is 70.5 Å². The summed E-state index contributed by atoms with van der Waals surface area (Å²) in [5, 5.41) is 4.07. The van der Waals surface area contributed by atoms with Gasteiger partial charge in [-0.25, -0.2) is 9.37 Å². The minimum atomic E-state index is -0.356. The molecular formula is C22H18FN3O2S. The highest BCUT2D eigenvalue weighted by atomic mass is 32.1. The van der Waals surface area contributed by atoms with E-state index >= 15 is 0 Å². The quantitative estimate of drug-likeness (QED) is 0.494. The van der Waals surface area contributed by atoms with Crippen LogP contribution in [0, 0.1) is 19.7 Å². The molecule has 0 aliphatic rings. The van der Waals surface area contributed by atoms with E-state index in [1.165, 1.54) is 23.5 Å². The molecular weight excluding hydrogens is 389 g/mol. The van der Waals surface area contributed by atoms with Crippen LogP contribution in [0.3, 0.4) is 0 Å². The van der Waals surface area contributed by atoms with Crippen LogP contribution in [0.25, 0.3) is 22.2 Å². The van der Waals surface area contributed by atoms with Crippen LogP contribution in [0.1, 0.15) is 20.9 Å². The zero-order chi connectivity index (χ0) is 20.5. The van der Waals surface area contributed by atoms with Gasteiger partial charge in [0, 0.05) is 21.9 Å². The highest BCUT2D eigenvalue weighted by Gasteiger charge is 2.16. The molecule has 4 aromatic rings. The molecule has 29 heavy (non-hydrogen) atoms. The molecule has 0 spiro atoms. The highest BCUT2D eigenvalue weighted by molar-refractivity contribution is 7.16. The predicted molar refractivity (Wildman–Crippen MR) is 113 cm³/mol. The Morgan fingerprint density at radius 3 is 2.55 bits per heavy atom. The number of pyridine rings is 1. The molecule has 0 saturated carbocycles. The van der Waals surface area contributed by atoms with Crippen molar-refractivity contribution in [1.29, 1.82) is 0 Å². The maximum absolute atomic E-state index is 13.4. The summed E-state index contributed by atoms with van der Waals surface area (Å²) in [6.45, 7) is 3.69. The van der Waals surface area contributed by atoms with E-state index in [1.54, 1.807) is 26.2 Å². The average Bonchev–Trinajstić information content (AvgIpc) is 3.07. The van der Waals surface area contributed by atoms with Gasteiger partial charge in [0.2, 0.25) is 0 Å². The van der Waals surface area contributed by atoms with Crippen molar-refractivity contribution in [3.63, 3.8) is 0 Å². The monoisotopic (exact) mass is 407 g/mol. The Morgan fingerprint density at radius 1 is 1.07 bits per heavy atom. The van der Waals surface area contributed by atoms with Crippen molar-refractivity contribution < 1.29 is 13.9 Å². The number of carbonyl (C=O) groups excluding carboxylic acids is 1. The number of methoxy groups -OCH3 is 1. The number of hydrogen-bond acceptors (Lipinski definition) is 5. The van der Waals surface area contributed by atoms with E-state index in [0.29, 0.717) is 27.3 Å². The number of thiazole rings is 1. The first-order valence-electron chi connectivity index (χ1n) is 8.94. The third-order valence-corrected chi connectivity index (χ3v) is 5.48. The Balaban J connectivity index is 1.61. The van der Waals surface area contributed by atoms with Crippen LogP contribution >= 0.6 is 11.3 Å². The van der Waals surface area contributed by atoms with Crippen molar-refractivity contribution in [2.45, 2.75) is 13.8 Å². The predicted octanol–water partition coefficient (Wildman–Crippen LogP) is 5.38. The number of fused-ring (bicyclic) bond motifs is 1. The van der Waals surface area contributed by atoms with Gasteiger partial charge in [-0.15, -0.1) is 11.3 Å². The van der Waals surface area contributed by atoms with Crippen LogP contribution in [-0.2, 0) is 0 Å². The zero-order valence-electron chi connectivity index (χ0n) is 16.1. The first kappa shape index (κ1) is 19.0. The zero-order valence-corrected chi connectivity index (χ0v) is 16.9. The molecule has 0 aliphatic carbocycles. The second-order valence-corrected chi connectivity index (χ2v) is 7.77. The van der Waals surface area contributed by atoms with Gasteiger partial charge < -0.3 is 4.74 Å². The molecule has 0 bridgehead atoms. The van der Waals surface area contributed by atoms with Crippen molar-refractivity contribution in [2.24, 2.45) is 0 Å². The van der Waals surface area contributed by atoms with Gasteiger partial charge in [-0.3, -0.25) is 15.1 Å². The number of nitrogens with zero attached hydrogens (tertiary/aromatic N) is 2. The molecule has 0 saturated heterocycles. The molecule has 1 N–H and O–H groups in total. The van der Waals surface area contributed by atoms with Crippen LogP contribution in [0.5, 0.6) is 5.75 Å². The number of aryl methyl sites for hydroxylation is 2. The van der Waals surface area contributed by atoms with Crippen LogP contribution in [0.2, 0.25) is 0 Å². The lowest BCUT2D eigenvalue weighted by molar-refractivity contribution is 0.102. The molecule has 0 atom stereocenters. The van der Waals surface area contributed by atoms with Gasteiger partial charge >= 0.3 is 0 Å². The van der Waals surface area contributed by atoms with Crippen LogP contribution < -0.4 is 10.1 Å². The molecule has 0 fully saturated rings. The second-order valence-electron chi connectivity index (χ2n) is 6.56. The van der Waals surface area contributed by atoms with E-state index in [0.717, 1.165) is 21.9 Å². The molecule has 0 aliphatic heterocycles. The number of benzene rings is 2. The molecule has 2 heterocycles. The van der Waals surface area contributed by atoms with Crippen LogP contribution in [0.4, 0.5) is 9.52 Å². The van der Waals surface area contributed by atoms with E-state index < -0.39 is 0 Å². The Bertz CT molecular complexity index is 1220. The Morgan fingerprint density at radius 2 is 1.83 bits per heavy atom. The smallest absolute Gasteiger partial charge is 0.259 e. The van der Waals surface area contributed by atoms with Crippen molar-refractivity contribution >= 4 is 33.3 Å². The van der Waals surface area contributed by atoms with Crippen molar-refractivity contribution in [3.8, 4) is 17.0 Å². The number of anilines is 1. The van der Waals surface area contributed by atoms with Crippen molar-refractivity contribution in [1.82, 2.24) is 9.97 Å². The second kappa shape index (κ2) is 7.60. The fourth-order valence-corrected chi connectivity index (χ4v) is 3.93. The number of rotatable bonds is 4. The third kappa shape index (κ3) is 3.82. The summed E-state index contributed by atoms with van der Waals surface area (Å²) in [6, 6.07) is 13.7. The van der Waals surface area contributed by atoms with Gasteiger partial charge in [0.25, 0.3) is 5.91 Å². The van der Waals surface area contributed by atoms with Gasteiger partial charge in [-0.2, -0.15) is 0 Å². The summed E-state index contributed by atoms with van der Waals surface area (Å²) in [6.07, 6.45) is 0. The normalized spacial score (nSPS) is 10.9. The van der Waals surface area contributed by atoms with Gasteiger partial charge in [-0.1, -0.05) is 0 Å². The molecule has 2 aromatic heterocycles.